The van der Waals surface area contributed by atoms with Gasteiger partial charge in [-0.15, -0.1) is 0 Å². The maximum atomic E-state index is 13.2. The highest BCUT2D eigenvalue weighted by atomic mass is 35.5. The third-order valence-electron chi connectivity index (χ3n) is 2.89. The topological polar surface area (TPSA) is 17.1 Å². The van der Waals surface area contributed by atoms with Crippen LogP contribution in [0.1, 0.15) is 21.5 Å². The molecule has 0 unspecified atom stereocenters. The SMILES string of the molecule is Cc1ccc(F)cc1CC(=O)c1ccc(Cl)cc1Cl. The monoisotopic (exact) mass is 296 g/mol. The fourth-order valence-corrected chi connectivity index (χ4v) is 2.33. The summed E-state index contributed by atoms with van der Waals surface area (Å²) in [5, 5.41) is 0.787. The Labute approximate surface area is 121 Å². The molecule has 0 fully saturated rings. The summed E-state index contributed by atoms with van der Waals surface area (Å²) >= 11 is 11.8. The zero-order chi connectivity index (χ0) is 14.0. The molecule has 0 bridgehead atoms. The van der Waals surface area contributed by atoms with Gasteiger partial charge in [0.25, 0.3) is 0 Å². The zero-order valence-corrected chi connectivity index (χ0v) is 11.7. The maximum Gasteiger partial charge on any atom is 0.168 e. The Morgan fingerprint density at radius 2 is 1.89 bits per heavy atom. The van der Waals surface area contributed by atoms with Crippen LogP contribution in [0.4, 0.5) is 4.39 Å². The summed E-state index contributed by atoms with van der Waals surface area (Å²) in [6.45, 7) is 1.84. The van der Waals surface area contributed by atoms with E-state index in [0.29, 0.717) is 21.2 Å². The second-order valence-corrected chi connectivity index (χ2v) is 5.14. The molecule has 0 spiro atoms. The van der Waals surface area contributed by atoms with E-state index >= 15 is 0 Å². The van der Waals surface area contributed by atoms with E-state index in [4.69, 9.17) is 23.2 Å². The first-order valence-corrected chi connectivity index (χ1v) is 6.46. The van der Waals surface area contributed by atoms with Gasteiger partial charge in [-0.2, -0.15) is 0 Å². The minimum Gasteiger partial charge on any atom is -0.294 e. The van der Waals surface area contributed by atoms with Gasteiger partial charge in [-0.3, -0.25) is 4.79 Å². The molecule has 2 rings (SSSR count). The second-order valence-electron chi connectivity index (χ2n) is 4.29. The number of benzene rings is 2. The molecule has 0 saturated carbocycles. The molecule has 0 amide bonds. The van der Waals surface area contributed by atoms with Crippen LogP contribution >= 0.6 is 23.2 Å². The lowest BCUT2D eigenvalue weighted by Gasteiger charge is -2.07. The molecule has 0 aliphatic rings. The second kappa shape index (κ2) is 5.72. The largest absolute Gasteiger partial charge is 0.294 e. The zero-order valence-electron chi connectivity index (χ0n) is 10.2. The molecule has 1 nitrogen and oxygen atoms in total. The van der Waals surface area contributed by atoms with Gasteiger partial charge in [0.05, 0.1) is 5.02 Å². The Morgan fingerprint density at radius 1 is 1.16 bits per heavy atom. The molecular weight excluding hydrogens is 286 g/mol. The highest BCUT2D eigenvalue weighted by Gasteiger charge is 2.13. The number of aryl methyl sites for hydroxylation is 1. The number of ketones is 1. The van der Waals surface area contributed by atoms with E-state index in [1.54, 1.807) is 18.2 Å². The van der Waals surface area contributed by atoms with Gasteiger partial charge in [0, 0.05) is 17.0 Å². The van der Waals surface area contributed by atoms with E-state index in [2.05, 4.69) is 0 Å². The van der Waals surface area contributed by atoms with E-state index in [-0.39, 0.29) is 18.0 Å². The summed E-state index contributed by atoms with van der Waals surface area (Å²) in [5.74, 6) is -0.508. The quantitative estimate of drug-likeness (QED) is 0.739. The fraction of sp³-hybridized carbons (Fsp3) is 0.133. The third-order valence-corrected chi connectivity index (χ3v) is 3.44. The number of carbonyl (C=O) groups is 1. The lowest BCUT2D eigenvalue weighted by molar-refractivity contribution is 0.0993. The van der Waals surface area contributed by atoms with Crippen molar-refractivity contribution in [1.82, 2.24) is 0 Å². The molecule has 2 aromatic rings. The number of halogens is 3. The Hall–Kier alpha value is -1.38. The maximum absolute atomic E-state index is 13.2. The van der Waals surface area contributed by atoms with Gasteiger partial charge in [-0.05, 0) is 48.4 Å². The van der Waals surface area contributed by atoms with Crippen LogP contribution < -0.4 is 0 Å². The molecule has 0 heterocycles. The molecule has 0 aliphatic heterocycles. The van der Waals surface area contributed by atoms with Crippen molar-refractivity contribution >= 4 is 29.0 Å². The minimum atomic E-state index is -0.351. The van der Waals surface area contributed by atoms with E-state index in [1.807, 2.05) is 6.92 Å². The van der Waals surface area contributed by atoms with Gasteiger partial charge in [-0.25, -0.2) is 4.39 Å². The van der Waals surface area contributed by atoms with Gasteiger partial charge in [-0.1, -0.05) is 29.3 Å². The van der Waals surface area contributed by atoms with Crippen molar-refractivity contribution in [3.8, 4) is 0 Å². The average Bonchev–Trinajstić information content (AvgIpc) is 2.33. The highest BCUT2D eigenvalue weighted by Crippen LogP contribution is 2.23. The van der Waals surface area contributed by atoms with Crippen molar-refractivity contribution in [3.63, 3.8) is 0 Å². The smallest absolute Gasteiger partial charge is 0.168 e. The summed E-state index contributed by atoms with van der Waals surface area (Å²) < 4.78 is 13.2. The summed E-state index contributed by atoms with van der Waals surface area (Å²) in [6.07, 6.45) is 0.116. The first-order chi connectivity index (χ1) is 8.97. The summed E-state index contributed by atoms with van der Waals surface area (Å²) in [4.78, 5) is 12.2. The first kappa shape index (κ1) is 14.0. The molecule has 0 radical (unpaired) electrons. The Morgan fingerprint density at radius 3 is 2.58 bits per heavy atom. The van der Waals surface area contributed by atoms with Crippen LogP contribution in [0.15, 0.2) is 36.4 Å². The predicted molar refractivity (Wildman–Crippen MR) is 75.6 cm³/mol. The highest BCUT2D eigenvalue weighted by molar-refractivity contribution is 6.36. The van der Waals surface area contributed by atoms with Crippen LogP contribution in [0, 0.1) is 12.7 Å². The van der Waals surface area contributed by atoms with Gasteiger partial charge in [0.1, 0.15) is 5.82 Å². The number of hydrogen-bond donors (Lipinski definition) is 0. The third kappa shape index (κ3) is 3.34. The Kier molecular flexibility index (Phi) is 4.23. The molecule has 0 aliphatic carbocycles. The van der Waals surface area contributed by atoms with Gasteiger partial charge < -0.3 is 0 Å². The first-order valence-electron chi connectivity index (χ1n) is 5.70. The number of hydrogen-bond acceptors (Lipinski definition) is 1. The van der Waals surface area contributed by atoms with Crippen molar-refractivity contribution < 1.29 is 9.18 Å². The molecule has 0 aromatic heterocycles. The molecule has 4 heteroatoms. The normalized spacial score (nSPS) is 10.5. The summed E-state index contributed by atoms with van der Waals surface area (Å²) in [5.41, 5.74) is 1.94. The fourth-order valence-electron chi connectivity index (χ4n) is 1.81. The molecule has 98 valence electrons. The van der Waals surface area contributed by atoms with Crippen LogP contribution in [0.5, 0.6) is 0 Å². The molecule has 19 heavy (non-hydrogen) atoms. The predicted octanol–water partition coefficient (Wildman–Crippen LogP) is 4.87. The Balaban J connectivity index is 2.28. The van der Waals surface area contributed by atoms with E-state index in [1.165, 1.54) is 18.2 Å². The number of rotatable bonds is 3. The standard InChI is InChI=1S/C15H11Cl2FO/c1-9-2-4-12(18)6-10(9)7-15(19)13-5-3-11(16)8-14(13)17/h2-6,8H,7H2,1H3. The number of carbonyl (C=O) groups excluding carboxylic acids is 1. The number of Topliss-reactive ketones (excluding diaryl/α,β-unsaturated/α-hetero) is 1. The van der Waals surface area contributed by atoms with Crippen LogP contribution in [-0.4, -0.2) is 5.78 Å². The van der Waals surface area contributed by atoms with Crippen molar-refractivity contribution in [2.45, 2.75) is 13.3 Å². The molecule has 2 aromatic carbocycles. The lowest BCUT2D eigenvalue weighted by atomic mass is 9.99. The lowest BCUT2D eigenvalue weighted by Crippen LogP contribution is -2.06. The van der Waals surface area contributed by atoms with Gasteiger partial charge >= 0.3 is 0 Å². The van der Waals surface area contributed by atoms with Gasteiger partial charge in [0.15, 0.2) is 5.78 Å². The van der Waals surface area contributed by atoms with Crippen molar-refractivity contribution in [1.29, 1.82) is 0 Å². The molecule has 0 N–H and O–H groups in total. The minimum absolute atomic E-state index is 0.116. The molecule has 0 atom stereocenters. The molecular formula is C15H11Cl2FO. The summed E-state index contributed by atoms with van der Waals surface area (Å²) in [7, 11) is 0. The summed E-state index contributed by atoms with van der Waals surface area (Å²) in [6, 6.07) is 9.12. The average molecular weight is 297 g/mol. The van der Waals surface area contributed by atoms with Gasteiger partial charge in [0.2, 0.25) is 0 Å². The van der Waals surface area contributed by atoms with E-state index < -0.39 is 0 Å². The van der Waals surface area contributed by atoms with Crippen molar-refractivity contribution in [2.75, 3.05) is 0 Å². The van der Waals surface area contributed by atoms with E-state index in [9.17, 15) is 9.18 Å². The van der Waals surface area contributed by atoms with Crippen molar-refractivity contribution in [3.05, 3.63) is 69.0 Å². The van der Waals surface area contributed by atoms with Crippen LogP contribution in [0.25, 0.3) is 0 Å². The van der Waals surface area contributed by atoms with Crippen LogP contribution in [-0.2, 0) is 6.42 Å². The van der Waals surface area contributed by atoms with Crippen LogP contribution in [0.3, 0.4) is 0 Å². The molecule has 0 saturated heterocycles. The van der Waals surface area contributed by atoms with Crippen molar-refractivity contribution in [2.24, 2.45) is 0 Å². The van der Waals surface area contributed by atoms with Crippen LogP contribution in [0.2, 0.25) is 10.0 Å². The Bertz CT molecular complexity index is 638. The van der Waals surface area contributed by atoms with E-state index in [0.717, 1.165) is 5.56 Å².